The second-order valence-corrected chi connectivity index (χ2v) is 6.46. The lowest BCUT2D eigenvalue weighted by atomic mass is 10.0. The summed E-state index contributed by atoms with van der Waals surface area (Å²) in [7, 11) is 0. The van der Waals surface area contributed by atoms with Crippen LogP contribution in [0.15, 0.2) is 65.1 Å². The average Bonchev–Trinajstić information content (AvgIpc) is 2.89. The second-order valence-electron chi connectivity index (χ2n) is 5.55. The van der Waals surface area contributed by atoms with Gasteiger partial charge in [0.05, 0.1) is 6.04 Å². The number of ether oxygens (including phenoxy) is 1. The van der Waals surface area contributed by atoms with Crippen molar-refractivity contribution in [2.45, 2.75) is 19.1 Å². The number of benzene rings is 2. The third-order valence-corrected chi connectivity index (χ3v) is 4.45. The van der Waals surface area contributed by atoms with Gasteiger partial charge in [0.15, 0.2) is 0 Å². The predicted octanol–water partition coefficient (Wildman–Crippen LogP) is 4.57. The monoisotopic (exact) mass is 385 g/mol. The van der Waals surface area contributed by atoms with Crippen LogP contribution in [0.25, 0.3) is 6.08 Å². The Hall–Kier alpha value is -2.40. The van der Waals surface area contributed by atoms with Crippen molar-refractivity contribution in [3.05, 3.63) is 76.3 Å². The fourth-order valence-corrected chi connectivity index (χ4v) is 2.93. The number of rotatable bonds is 3. The Morgan fingerprint density at radius 1 is 1.12 bits per heavy atom. The first kappa shape index (κ1) is 16.5. The number of cyclic esters (lactones) is 1. The maximum atomic E-state index is 12.4. The highest BCUT2D eigenvalue weighted by molar-refractivity contribution is 9.10. The Labute approximate surface area is 148 Å². The lowest BCUT2D eigenvalue weighted by Gasteiger charge is -2.17. The summed E-state index contributed by atoms with van der Waals surface area (Å²) >= 11 is 3.36. The lowest BCUT2D eigenvalue weighted by molar-refractivity contribution is -0.124. The van der Waals surface area contributed by atoms with Crippen molar-refractivity contribution in [1.82, 2.24) is 4.90 Å². The highest BCUT2D eigenvalue weighted by Gasteiger charge is 2.42. The average molecular weight is 386 g/mol. The van der Waals surface area contributed by atoms with Gasteiger partial charge in [-0.1, -0.05) is 58.4 Å². The Bertz CT molecular complexity index is 771. The Morgan fingerprint density at radius 3 is 2.46 bits per heavy atom. The number of imide groups is 1. The number of hydrogen-bond donors (Lipinski definition) is 0. The molecule has 122 valence electrons. The SMILES string of the molecule is CC1C(c2ccccc2)OC(=O)N1C(=O)/C=C/c1ccc(Br)cc1. The molecule has 1 aliphatic rings. The van der Waals surface area contributed by atoms with Crippen LogP contribution in [-0.2, 0) is 9.53 Å². The first-order chi connectivity index (χ1) is 11.6. The molecule has 0 bridgehead atoms. The van der Waals surface area contributed by atoms with Gasteiger partial charge in [0.2, 0.25) is 0 Å². The molecule has 2 aromatic rings. The summed E-state index contributed by atoms with van der Waals surface area (Å²) in [4.78, 5) is 25.7. The Balaban J connectivity index is 1.75. The van der Waals surface area contributed by atoms with Crippen molar-refractivity contribution in [1.29, 1.82) is 0 Å². The van der Waals surface area contributed by atoms with Gasteiger partial charge in [0.25, 0.3) is 5.91 Å². The highest BCUT2D eigenvalue weighted by atomic mass is 79.9. The van der Waals surface area contributed by atoms with E-state index in [1.807, 2.05) is 61.5 Å². The Kier molecular flexibility index (Phi) is 4.81. The van der Waals surface area contributed by atoms with E-state index in [0.29, 0.717) is 0 Å². The summed E-state index contributed by atoms with van der Waals surface area (Å²) < 4.78 is 6.35. The van der Waals surface area contributed by atoms with Crippen LogP contribution in [0.1, 0.15) is 24.2 Å². The van der Waals surface area contributed by atoms with Crippen LogP contribution < -0.4 is 0 Å². The number of halogens is 1. The van der Waals surface area contributed by atoms with Gasteiger partial charge in [-0.15, -0.1) is 0 Å². The number of hydrogen-bond acceptors (Lipinski definition) is 3. The third kappa shape index (κ3) is 3.41. The molecular formula is C19H16BrNO3. The lowest BCUT2D eigenvalue weighted by Crippen LogP contribution is -2.36. The van der Waals surface area contributed by atoms with Crippen LogP contribution in [0.2, 0.25) is 0 Å². The maximum absolute atomic E-state index is 12.4. The van der Waals surface area contributed by atoms with Gasteiger partial charge in [-0.05, 0) is 36.3 Å². The molecule has 2 amide bonds. The molecule has 1 fully saturated rings. The molecule has 0 spiro atoms. The van der Waals surface area contributed by atoms with Gasteiger partial charge in [-0.3, -0.25) is 4.79 Å². The smallest absolute Gasteiger partial charge is 0.417 e. The molecule has 0 aromatic heterocycles. The molecule has 2 aromatic carbocycles. The van der Waals surface area contributed by atoms with Crippen molar-refractivity contribution in [3.8, 4) is 0 Å². The molecule has 1 heterocycles. The molecule has 2 atom stereocenters. The van der Waals surface area contributed by atoms with Crippen LogP contribution in [-0.4, -0.2) is 22.9 Å². The van der Waals surface area contributed by atoms with Crippen LogP contribution >= 0.6 is 15.9 Å². The zero-order valence-corrected chi connectivity index (χ0v) is 14.6. The van der Waals surface area contributed by atoms with Crippen molar-refractivity contribution < 1.29 is 14.3 Å². The van der Waals surface area contributed by atoms with Gasteiger partial charge >= 0.3 is 6.09 Å². The molecule has 0 N–H and O–H groups in total. The topological polar surface area (TPSA) is 46.6 Å². The van der Waals surface area contributed by atoms with E-state index in [4.69, 9.17) is 4.74 Å². The van der Waals surface area contributed by atoms with Crippen LogP contribution in [0.4, 0.5) is 4.79 Å². The van der Waals surface area contributed by atoms with Crippen LogP contribution in [0, 0.1) is 0 Å². The van der Waals surface area contributed by atoms with E-state index < -0.39 is 12.2 Å². The summed E-state index contributed by atoms with van der Waals surface area (Å²) in [6.45, 7) is 1.81. The number of carbonyl (C=O) groups excluding carboxylic acids is 2. The van der Waals surface area contributed by atoms with Gasteiger partial charge in [0.1, 0.15) is 6.10 Å². The summed E-state index contributed by atoms with van der Waals surface area (Å²) in [6, 6.07) is 16.6. The minimum Gasteiger partial charge on any atom is -0.439 e. The zero-order chi connectivity index (χ0) is 17.1. The number of nitrogens with zero attached hydrogens (tertiary/aromatic N) is 1. The van der Waals surface area contributed by atoms with Gasteiger partial charge in [-0.25, -0.2) is 9.69 Å². The molecule has 0 aliphatic carbocycles. The molecule has 1 aliphatic heterocycles. The molecule has 4 nitrogen and oxygen atoms in total. The van der Waals surface area contributed by atoms with E-state index in [-0.39, 0.29) is 11.9 Å². The largest absolute Gasteiger partial charge is 0.439 e. The zero-order valence-electron chi connectivity index (χ0n) is 13.1. The minimum absolute atomic E-state index is 0.359. The predicted molar refractivity (Wildman–Crippen MR) is 95.1 cm³/mol. The van der Waals surface area contributed by atoms with E-state index in [2.05, 4.69) is 15.9 Å². The standard InChI is InChI=1S/C19H16BrNO3/c1-13-18(15-5-3-2-4-6-15)24-19(23)21(13)17(22)12-9-14-7-10-16(20)11-8-14/h2-13,18H,1H3/b12-9+. The molecule has 3 rings (SSSR count). The molecule has 5 heteroatoms. The van der Waals surface area contributed by atoms with Gasteiger partial charge in [0, 0.05) is 10.5 Å². The van der Waals surface area contributed by atoms with Crippen LogP contribution in [0.3, 0.4) is 0 Å². The molecule has 0 saturated carbocycles. The molecule has 24 heavy (non-hydrogen) atoms. The molecule has 0 radical (unpaired) electrons. The van der Waals surface area contributed by atoms with E-state index in [1.54, 1.807) is 6.08 Å². The highest BCUT2D eigenvalue weighted by Crippen LogP contribution is 2.32. The van der Waals surface area contributed by atoms with Gasteiger partial charge < -0.3 is 4.74 Å². The fourth-order valence-electron chi connectivity index (χ4n) is 2.67. The maximum Gasteiger partial charge on any atom is 0.417 e. The van der Waals surface area contributed by atoms with Crippen LogP contribution in [0.5, 0.6) is 0 Å². The number of carbonyl (C=O) groups is 2. The number of amides is 2. The normalized spacial score (nSPS) is 20.4. The third-order valence-electron chi connectivity index (χ3n) is 3.92. The summed E-state index contributed by atoms with van der Waals surface area (Å²) in [6.07, 6.45) is 2.03. The fraction of sp³-hybridized carbons (Fsp3) is 0.158. The second kappa shape index (κ2) is 7.01. The van der Waals surface area contributed by atoms with E-state index in [0.717, 1.165) is 20.5 Å². The Morgan fingerprint density at radius 2 is 1.79 bits per heavy atom. The molecule has 1 saturated heterocycles. The van der Waals surface area contributed by atoms with Crippen molar-refractivity contribution in [3.63, 3.8) is 0 Å². The first-order valence-corrected chi connectivity index (χ1v) is 8.38. The van der Waals surface area contributed by atoms with Gasteiger partial charge in [-0.2, -0.15) is 0 Å². The van der Waals surface area contributed by atoms with Crippen molar-refractivity contribution in [2.24, 2.45) is 0 Å². The van der Waals surface area contributed by atoms with Crippen molar-refractivity contribution >= 4 is 34.0 Å². The minimum atomic E-state index is -0.609. The quantitative estimate of drug-likeness (QED) is 0.726. The van der Waals surface area contributed by atoms with E-state index >= 15 is 0 Å². The van der Waals surface area contributed by atoms with E-state index in [1.165, 1.54) is 6.08 Å². The van der Waals surface area contributed by atoms with Crippen molar-refractivity contribution in [2.75, 3.05) is 0 Å². The molecular weight excluding hydrogens is 370 g/mol. The summed E-state index contributed by atoms with van der Waals surface area (Å²) in [5, 5.41) is 0. The first-order valence-electron chi connectivity index (χ1n) is 7.58. The summed E-state index contributed by atoms with van der Waals surface area (Å²) in [5.41, 5.74) is 1.76. The van der Waals surface area contributed by atoms with E-state index in [9.17, 15) is 9.59 Å². The summed E-state index contributed by atoms with van der Waals surface area (Å²) in [5.74, 6) is -0.381. The molecule has 2 unspecified atom stereocenters.